The maximum absolute atomic E-state index is 3.70. The lowest BCUT2D eigenvalue weighted by atomic mass is 10.3. The second kappa shape index (κ2) is 9.77. The van der Waals surface area contributed by atoms with E-state index in [1.165, 1.54) is 5.75 Å². The van der Waals surface area contributed by atoms with Gasteiger partial charge in [0.2, 0.25) is 0 Å². The Labute approximate surface area is 148 Å². The van der Waals surface area contributed by atoms with Crippen molar-refractivity contribution < 1.29 is 0 Å². The number of hydrogen-bond acceptors (Lipinski definition) is 5. The summed E-state index contributed by atoms with van der Waals surface area (Å²) in [4.78, 5) is 4.77. The largest absolute Gasteiger partial charge is 0.308 e. The Kier molecular flexibility index (Phi) is 10.0. The summed E-state index contributed by atoms with van der Waals surface area (Å²) < 4.78 is 0.346. The average Bonchev–Trinajstić information content (AvgIpc) is 2.30. The van der Waals surface area contributed by atoms with Gasteiger partial charge in [-0.1, -0.05) is 27.7 Å². The lowest BCUT2D eigenvalue weighted by molar-refractivity contribution is 0.242. The molecule has 3 nitrogen and oxygen atoms in total. The Morgan fingerprint density at radius 3 is 2.00 bits per heavy atom. The predicted octanol–water partition coefficient (Wildman–Crippen LogP) is 3.80. The van der Waals surface area contributed by atoms with Crippen molar-refractivity contribution >= 4 is 23.5 Å². The Hall–Kier alpha value is 0.580. The first-order valence-corrected chi connectivity index (χ1v) is 10.1. The molecule has 0 aliphatic carbocycles. The van der Waals surface area contributed by atoms with Crippen LogP contribution in [-0.2, 0) is 0 Å². The molecule has 0 aliphatic rings. The van der Waals surface area contributed by atoms with Gasteiger partial charge in [0.15, 0.2) is 0 Å². The molecule has 0 saturated carbocycles. The maximum atomic E-state index is 3.70. The molecule has 2 atom stereocenters. The lowest BCUT2D eigenvalue weighted by Gasteiger charge is -2.34. The van der Waals surface area contributed by atoms with Gasteiger partial charge in [0.1, 0.15) is 0 Å². The minimum Gasteiger partial charge on any atom is -0.308 e. The molecule has 0 aromatic rings. The summed E-state index contributed by atoms with van der Waals surface area (Å²) in [5.41, 5.74) is 0. The molecular formula is C17H39N3S2. The third kappa shape index (κ3) is 12.1. The maximum Gasteiger partial charge on any atom is 0.0601 e. The van der Waals surface area contributed by atoms with E-state index in [0.717, 1.165) is 13.2 Å². The van der Waals surface area contributed by atoms with E-state index in [2.05, 4.69) is 84.7 Å². The highest BCUT2D eigenvalue weighted by Gasteiger charge is 2.23. The van der Waals surface area contributed by atoms with Gasteiger partial charge in [0.05, 0.1) is 4.87 Å². The summed E-state index contributed by atoms with van der Waals surface area (Å²) in [5.74, 6) is 1.17. The standard InChI is InChI=1S/C17H39N3S2/c1-14(12-21-16(3,4)5)20(10)13-18-17(6,7)22-15(2)11-19(8)9/h14-15,18H,11-13H2,1-10H3/t14-,15-/m1/s1. The molecule has 1 N–H and O–H groups in total. The number of nitrogens with one attached hydrogen (secondary N) is 1. The summed E-state index contributed by atoms with van der Waals surface area (Å²) in [5, 5.41) is 4.32. The second-order valence-electron chi connectivity index (χ2n) is 8.07. The van der Waals surface area contributed by atoms with E-state index in [-0.39, 0.29) is 4.87 Å². The monoisotopic (exact) mass is 349 g/mol. The Morgan fingerprint density at radius 1 is 1.00 bits per heavy atom. The fraction of sp³-hybridized carbons (Fsp3) is 1.00. The van der Waals surface area contributed by atoms with Gasteiger partial charge in [-0.3, -0.25) is 10.2 Å². The van der Waals surface area contributed by atoms with Gasteiger partial charge in [-0.25, -0.2) is 0 Å². The van der Waals surface area contributed by atoms with Gasteiger partial charge >= 0.3 is 0 Å². The van der Waals surface area contributed by atoms with E-state index >= 15 is 0 Å². The molecule has 0 aromatic carbocycles. The molecule has 0 amide bonds. The molecule has 0 bridgehead atoms. The molecule has 0 radical (unpaired) electrons. The van der Waals surface area contributed by atoms with Crippen molar-refractivity contribution in [2.24, 2.45) is 0 Å². The van der Waals surface area contributed by atoms with Gasteiger partial charge in [0, 0.05) is 35.0 Å². The molecule has 0 spiro atoms. The molecule has 0 saturated heterocycles. The summed E-state index contributed by atoms with van der Waals surface area (Å²) in [7, 11) is 6.49. The lowest BCUT2D eigenvalue weighted by Crippen LogP contribution is -2.47. The van der Waals surface area contributed by atoms with Crippen molar-refractivity contribution in [3.8, 4) is 0 Å². The fourth-order valence-corrected chi connectivity index (χ4v) is 4.59. The molecule has 0 aliphatic heterocycles. The van der Waals surface area contributed by atoms with Crippen LogP contribution in [0.4, 0.5) is 0 Å². The third-order valence-electron chi connectivity index (χ3n) is 3.38. The van der Waals surface area contributed by atoms with Crippen LogP contribution in [0.1, 0.15) is 48.5 Å². The summed E-state index contributed by atoms with van der Waals surface area (Å²) in [6.45, 7) is 18.1. The number of nitrogens with zero attached hydrogens (tertiary/aromatic N) is 2. The minimum absolute atomic E-state index is 0.0978. The van der Waals surface area contributed by atoms with Crippen molar-refractivity contribution in [3.05, 3.63) is 0 Å². The van der Waals surface area contributed by atoms with Crippen LogP contribution in [0.3, 0.4) is 0 Å². The Balaban J connectivity index is 4.17. The number of hydrogen-bond donors (Lipinski definition) is 1. The van der Waals surface area contributed by atoms with Crippen LogP contribution in [0.15, 0.2) is 0 Å². The van der Waals surface area contributed by atoms with Crippen LogP contribution in [0, 0.1) is 0 Å². The van der Waals surface area contributed by atoms with E-state index in [1.807, 2.05) is 23.5 Å². The first-order chi connectivity index (χ1) is 9.82. The molecule has 22 heavy (non-hydrogen) atoms. The zero-order chi connectivity index (χ0) is 17.6. The molecule has 5 heteroatoms. The zero-order valence-electron chi connectivity index (χ0n) is 16.5. The predicted molar refractivity (Wildman–Crippen MR) is 107 cm³/mol. The highest BCUT2D eigenvalue weighted by molar-refractivity contribution is 8.01. The molecular weight excluding hydrogens is 310 g/mol. The topological polar surface area (TPSA) is 18.5 Å². The van der Waals surface area contributed by atoms with E-state index in [9.17, 15) is 0 Å². The summed E-state index contributed by atoms with van der Waals surface area (Å²) in [6, 6.07) is 0.580. The zero-order valence-corrected chi connectivity index (χ0v) is 18.1. The molecule has 0 unspecified atom stereocenters. The van der Waals surface area contributed by atoms with E-state index in [4.69, 9.17) is 0 Å². The third-order valence-corrected chi connectivity index (χ3v) is 6.18. The average molecular weight is 350 g/mol. The van der Waals surface area contributed by atoms with Crippen molar-refractivity contribution in [1.82, 2.24) is 15.1 Å². The van der Waals surface area contributed by atoms with Crippen molar-refractivity contribution in [3.63, 3.8) is 0 Å². The molecule has 0 heterocycles. The van der Waals surface area contributed by atoms with Crippen molar-refractivity contribution in [2.45, 2.75) is 69.4 Å². The molecule has 0 rings (SSSR count). The number of thioether (sulfide) groups is 2. The number of rotatable bonds is 10. The van der Waals surface area contributed by atoms with Crippen LogP contribution in [-0.4, -0.2) is 70.8 Å². The van der Waals surface area contributed by atoms with Crippen LogP contribution < -0.4 is 5.32 Å². The van der Waals surface area contributed by atoms with Crippen molar-refractivity contribution in [1.29, 1.82) is 0 Å². The van der Waals surface area contributed by atoms with Gasteiger partial charge in [-0.05, 0) is 41.9 Å². The van der Waals surface area contributed by atoms with Gasteiger partial charge < -0.3 is 4.90 Å². The van der Waals surface area contributed by atoms with E-state index in [0.29, 0.717) is 16.0 Å². The van der Waals surface area contributed by atoms with Crippen LogP contribution in [0.25, 0.3) is 0 Å². The Morgan fingerprint density at radius 2 is 1.55 bits per heavy atom. The van der Waals surface area contributed by atoms with Gasteiger partial charge in [0.25, 0.3) is 0 Å². The quantitative estimate of drug-likeness (QED) is 0.603. The van der Waals surface area contributed by atoms with Crippen molar-refractivity contribution in [2.75, 3.05) is 40.1 Å². The highest BCUT2D eigenvalue weighted by atomic mass is 32.2. The van der Waals surface area contributed by atoms with E-state index in [1.54, 1.807) is 0 Å². The summed E-state index contributed by atoms with van der Waals surface area (Å²) in [6.07, 6.45) is 0. The summed E-state index contributed by atoms with van der Waals surface area (Å²) >= 11 is 4.06. The van der Waals surface area contributed by atoms with Gasteiger partial charge in [-0.15, -0.1) is 11.8 Å². The normalized spacial score (nSPS) is 16.4. The smallest absolute Gasteiger partial charge is 0.0601 e. The first kappa shape index (κ1) is 22.6. The van der Waals surface area contributed by atoms with Crippen LogP contribution in [0.2, 0.25) is 0 Å². The first-order valence-electron chi connectivity index (χ1n) is 8.24. The van der Waals surface area contributed by atoms with E-state index < -0.39 is 0 Å². The van der Waals surface area contributed by atoms with Gasteiger partial charge in [-0.2, -0.15) is 11.8 Å². The molecule has 0 fully saturated rings. The molecule has 0 aromatic heterocycles. The minimum atomic E-state index is 0.0978. The van der Waals surface area contributed by atoms with Crippen LogP contribution in [0.5, 0.6) is 0 Å². The second-order valence-corrected chi connectivity index (χ2v) is 12.0. The SMILES string of the molecule is C[C@H](CN(C)C)SC(C)(C)NCN(C)[C@H](C)CSC(C)(C)C. The fourth-order valence-electron chi connectivity index (χ4n) is 2.06. The van der Waals surface area contributed by atoms with Crippen LogP contribution >= 0.6 is 23.5 Å². The Bertz CT molecular complexity index is 301. The highest BCUT2D eigenvalue weighted by Crippen LogP contribution is 2.27. The molecule has 134 valence electrons.